The van der Waals surface area contributed by atoms with Gasteiger partial charge >= 0.3 is 0 Å². The smallest absolute Gasteiger partial charge is 0.0660 e. The molecular weight excluding hydrogens is 513 g/mol. The molecule has 0 saturated carbocycles. The van der Waals surface area contributed by atoms with Crippen molar-refractivity contribution in [3.8, 4) is 0 Å². The second-order valence-corrected chi connectivity index (χ2v) is 24.1. The summed E-state index contributed by atoms with van der Waals surface area (Å²) in [5, 5.41) is 5.21. The molecule has 0 amide bonds. The van der Waals surface area contributed by atoms with Gasteiger partial charge in [0.05, 0.1) is 8.07 Å². The van der Waals surface area contributed by atoms with Gasteiger partial charge in [-0.1, -0.05) is 193 Å². The Bertz CT molecular complexity index is 960. The van der Waals surface area contributed by atoms with Gasteiger partial charge in [0, 0.05) is 0 Å². The summed E-state index contributed by atoms with van der Waals surface area (Å²) in [5.41, 5.74) is 6.31. The Morgan fingerprint density at radius 1 is 0.550 bits per heavy atom. The summed E-state index contributed by atoms with van der Waals surface area (Å²) in [4.78, 5) is 0. The third-order valence-corrected chi connectivity index (χ3v) is 17.3. The zero-order valence-electron chi connectivity index (χ0n) is 28.8. The van der Waals surface area contributed by atoms with Crippen molar-refractivity contribution in [3.63, 3.8) is 0 Å². The fourth-order valence-corrected chi connectivity index (χ4v) is 13.7. The molecule has 0 fully saturated rings. The Balaban J connectivity index is 1.86. The van der Waals surface area contributed by atoms with Crippen molar-refractivity contribution in [2.24, 2.45) is 5.92 Å². The van der Waals surface area contributed by atoms with Crippen LogP contribution in [0.1, 0.15) is 143 Å². The van der Waals surface area contributed by atoms with Crippen LogP contribution in [0.15, 0.2) is 40.1 Å². The standard InChI is InChI=1S/C38H68Si2/c1-11-12-13-14-15-16-17-18-19-20-21-22-23-24-25-26-27-40(10,38-34(5)32(3)33(4)35(38)6)37-29-31(2)28-36(30-37)39(7,8)9/h28-30,34H,11-27H2,1-10H3. The highest BCUT2D eigenvalue weighted by atomic mass is 28.3. The largest absolute Gasteiger partial charge is 0.111 e. The molecule has 1 aromatic carbocycles. The van der Waals surface area contributed by atoms with Crippen LogP contribution in [0.4, 0.5) is 0 Å². The molecule has 0 aromatic heterocycles. The maximum atomic E-state index is 2.72. The molecule has 1 aliphatic carbocycles. The van der Waals surface area contributed by atoms with Crippen molar-refractivity contribution in [2.75, 3.05) is 0 Å². The number of hydrogen-bond acceptors (Lipinski definition) is 0. The van der Waals surface area contributed by atoms with Crippen molar-refractivity contribution in [2.45, 2.75) is 177 Å². The Labute approximate surface area is 253 Å². The first-order chi connectivity index (χ1) is 18.9. The minimum atomic E-state index is -1.79. The first-order valence-corrected chi connectivity index (χ1v) is 23.7. The quantitative estimate of drug-likeness (QED) is 0.106. The molecule has 0 spiro atoms. The summed E-state index contributed by atoms with van der Waals surface area (Å²) in [6, 6.07) is 9.16. The number of unbranched alkanes of at least 4 members (excludes halogenated alkanes) is 15. The first kappa shape index (κ1) is 35.3. The van der Waals surface area contributed by atoms with Crippen LogP contribution >= 0.6 is 0 Å². The highest BCUT2D eigenvalue weighted by Gasteiger charge is 2.41. The molecule has 0 nitrogen and oxygen atoms in total. The van der Waals surface area contributed by atoms with E-state index in [2.05, 4.69) is 85.9 Å². The molecule has 2 atom stereocenters. The van der Waals surface area contributed by atoms with Gasteiger partial charge in [-0.15, -0.1) is 0 Å². The summed E-state index contributed by atoms with van der Waals surface area (Å²) in [7, 11) is -3.15. The number of rotatable bonds is 20. The highest BCUT2D eigenvalue weighted by Crippen LogP contribution is 2.43. The number of hydrogen-bond donors (Lipinski definition) is 0. The molecule has 1 aliphatic rings. The van der Waals surface area contributed by atoms with E-state index in [1.54, 1.807) is 27.1 Å². The lowest BCUT2D eigenvalue weighted by atomic mass is 10.0. The van der Waals surface area contributed by atoms with Crippen molar-refractivity contribution in [1.29, 1.82) is 0 Å². The second kappa shape index (κ2) is 17.3. The normalized spacial score (nSPS) is 17.7. The van der Waals surface area contributed by atoms with Crippen LogP contribution < -0.4 is 10.4 Å². The van der Waals surface area contributed by atoms with E-state index >= 15 is 0 Å². The average Bonchev–Trinajstić information content (AvgIpc) is 3.10. The summed E-state index contributed by atoms with van der Waals surface area (Å²) >= 11 is 0. The van der Waals surface area contributed by atoms with Crippen molar-refractivity contribution < 1.29 is 0 Å². The molecule has 1 aromatic rings. The van der Waals surface area contributed by atoms with E-state index in [9.17, 15) is 0 Å². The Morgan fingerprint density at radius 2 is 0.975 bits per heavy atom. The molecular formula is C38H68Si2. The minimum Gasteiger partial charge on any atom is -0.0660 e. The van der Waals surface area contributed by atoms with Crippen LogP contribution in [0.2, 0.25) is 32.2 Å². The van der Waals surface area contributed by atoms with Crippen LogP contribution in [0.3, 0.4) is 0 Å². The highest BCUT2D eigenvalue weighted by molar-refractivity contribution is 6.97. The van der Waals surface area contributed by atoms with Gasteiger partial charge < -0.3 is 0 Å². The topological polar surface area (TPSA) is 0 Å². The number of aryl methyl sites for hydroxylation is 1. The van der Waals surface area contributed by atoms with E-state index in [-0.39, 0.29) is 0 Å². The van der Waals surface area contributed by atoms with Gasteiger partial charge in [-0.25, -0.2) is 0 Å². The SMILES string of the molecule is CCCCCCCCCCCCCCCCCC[Si](C)(C1=C(C)C(C)=C(C)C1C)c1cc(C)cc([Si](C)(C)C)c1. The maximum Gasteiger partial charge on any atom is 0.111 e. The maximum absolute atomic E-state index is 2.72. The molecule has 0 heterocycles. The molecule has 0 N–H and O–H groups in total. The molecule has 2 rings (SSSR count). The summed E-state index contributed by atoms with van der Waals surface area (Å²) < 4.78 is 0. The zero-order valence-corrected chi connectivity index (χ0v) is 30.8. The van der Waals surface area contributed by atoms with Crippen molar-refractivity contribution >= 4 is 26.5 Å². The van der Waals surface area contributed by atoms with Gasteiger partial charge in [0.15, 0.2) is 0 Å². The van der Waals surface area contributed by atoms with E-state index in [0.29, 0.717) is 5.92 Å². The summed E-state index contributed by atoms with van der Waals surface area (Å²) in [5.74, 6) is 0.619. The van der Waals surface area contributed by atoms with Gasteiger partial charge in [0.25, 0.3) is 0 Å². The fraction of sp³-hybridized carbons (Fsp3) is 0.737. The van der Waals surface area contributed by atoms with Gasteiger partial charge in [-0.05, 0) is 45.2 Å². The third-order valence-electron chi connectivity index (χ3n) is 10.3. The predicted octanol–water partition coefficient (Wildman–Crippen LogP) is 11.9. The average molecular weight is 581 g/mol. The summed E-state index contributed by atoms with van der Waals surface area (Å²) in [6.45, 7) is 24.6. The molecule has 228 valence electrons. The van der Waals surface area contributed by atoms with Crippen LogP contribution in [0, 0.1) is 12.8 Å². The zero-order chi connectivity index (χ0) is 29.8. The lowest BCUT2D eigenvalue weighted by molar-refractivity contribution is 0.531. The van der Waals surface area contributed by atoms with Gasteiger partial charge in [-0.3, -0.25) is 0 Å². The van der Waals surface area contributed by atoms with Gasteiger partial charge in [0.2, 0.25) is 0 Å². The van der Waals surface area contributed by atoms with Gasteiger partial charge in [-0.2, -0.15) is 0 Å². The van der Waals surface area contributed by atoms with E-state index in [0.717, 1.165) is 0 Å². The van der Waals surface area contributed by atoms with Gasteiger partial charge in [0.1, 0.15) is 8.07 Å². The monoisotopic (exact) mass is 580 g/mol. The minimum absolute atomic E-state index is 0.619. The Morgan fingerprint density at radius 3 is 1.38 bits per heavy atom. The van der Waals surface area contributed by atoms with E-state index in [4.69, 9.17) is 0 Å². The lowest BCUT2D eigenvalue weighted by Crippen LogP contribution is -2.51. The van der Waals surface area contributed by atoms with Crippen LogP contribution in [0.25, 0.3) is 0 Å². The number of allylic oxidation sites excluding steroid dienone is 4. The first-order valence-electron chi connectivity index (χ1n) is 17.4. The molecule has 2 unspecified atom stereocenters. The molecule has 2 heteroatoms. The van der Waals surface area contributed by atoms with Crippen LogP contribution in [-0.2, 0) is 0 Å². The molecule has 0 saturated heterocycles. The number of benzene rings is 1. The predicted molar refractivity (Wildman–Crippen MR) is 190 cm³/mol. The molecule has 0 radical (unpaired) electrons. The van der Waals surface area contributed by atoms with Crippen molar-refractivity contribution in [3.05, 3.63) is 45.7 Å². The van der Waals surface area contributed by atoms with Crippen LogP contribution in [0.5, 0.6) is 0 Å². The molecule has 0 aliphatic heterocycles. The van der Waals surface area contributed by atoms with Crippen molar-refractivity contribution in [1.82, 2.24) is 0 Å². The van der Waals surface area contributed by atoms with E-state index < -0.39 is 16.1 Å². The Kier molecular flexibility index (Phi) is 15.3. The molecule has 40 heavy (non-hydrogen) atoms. The fourth-order valence-electron chi connectivity index (χ4n) is 7.25. The Hall–Kier alpha value is -0.866. The van der Waals surface area contributed by atoms with E-state index in [1.165, 1.54) is 114 Å². The summed E-state index contributed by atoms with van der Waals surface area (Å²) in [6.07, 6.45) is 23.1. The second-order valence-electron chi connectivity index (χ2n) is 14.8. The van der Waals surface area contributed by atoms with E-state index in [1.807, 2.05) is 5.20 Å². The molecule has 0 bridgehead atoms. The lowest BCUT2D eigenvalue weighted by Gasteiger charge is -2.35. The van der Waals surface area contributed by atoms with Crippen LogP contribution in [-0.4, -0.2) is 16.1 Å². The third kappa shape index (κ3) is 10.4.